The Hall–Kier alpha value is -1.14. The van der Waals surface area contributed by atoms with Gasteiger partial charge in [-0.25, -0.2) is 0 Å². The van der Waals surface area contributed by atoms with Crippen LogP contribution in [0.3, 0.4) is 0 Å². The zero-order valence-electron chi connectivity index (χ0n) is 17.5. The number of hydrogen-bond donors (Lipinski definition) is 3. The molecule has 0 bridgehead atoms. The summed E-state index contributed by atoms with van der Waals surface area (Å²) in [5.41, 5.74) is 2.58. The summed E-state index contributed by atoms with van der Waals surface area (Å²) in [6.07, 6.45) is 7.44. The molecule has 1 saturated heterocycles. The molecule has 2 aliphatic carbocycles. The maximum absolute atomic E-state index is 10.8. The minimum absolute atomic E-state index is 0.205. The number of unbranched alkanes of at least 4 members (excludes halogenated alkanes) is 2. The van der Waals surface area contributed by atoms with Gasteiger partial charge in [0, 0.05) is 0 Å². The van der Waals surface area contributed by atoms with E-state index in [4.69, 9.17) is 9.47 Å². The third-order valence-corrected chi connectivity index (χ3v) is 7.28. The van der Waals surface area contributed by atoms with E-state index in [0.717, 1.165) is 50.7 Å². The molecule has 5 nitrogen and oxygen atoms in total. The van der Waals surface area contributed by atoms with Crippen molar-refractivity contribution in [3.63, 3.8) is 0 Å². The molecule has 7 unspecified atom stereocenters. The van der Waals surface area contributed by atoms with E-state index in [9.17, 15) is 15.3 Å². The first kappa shape index (κ1) is 21.1. The van der Waals surface area contributed by atoms with Crippen LogP contribution in [0, 0.1) is 17.8 Å². The second kappa shape index (κ2) is 9.34. The molecule has 1 aromatic carbocycles. The molecule has 29 heavy (non-hydrogen) atoms. The van der Waals surface area contributed by atoms with Gasteiger partial charge in [0.2, 0.25) is 0 Å². The zero-order valence-corrected chi connectivity index (χ0v) is 17.5. The summed E-state index contributed by atoms with van der Waals surface area (Å²) in [7, 11) is 0. The van der Waals surface area contributed by atoms with Crippen LogP contribution >= 0.6 is 0 Å². The highest BCUT2D eigenvalue weighted by molar-refractivity contribution is 5.43. The van der Waals surface area contributed by atoms with Gasteiger partial charge in [-0.05, 0) is 73.5 Å². The Labute approximate surface area is 174 Å². The summed E-state index contributed by atoms with van der Waals surface area (Å²) >= 11 is 0. The van der Waals surface area contributed by atoms with E-state index in [1.807, 2.05) is 12.1 Å². The molecular weight excluding hydrogens is 368 g/mol. The highest BCUT2D eigenvalue weighted by Gasteiger charge is 2.45. The number of aliphatic hydroxyl groups excluding tert-OH is 3. The van der Waals surface area contributed by atoms with Crippen molar-refractivity contribution in [1.29, 1.82) is 0 Å². The molecule has 1 aliphatic heterocycles. The van der Waals surface area contributed by atoms with E-state index in [-0.39, 0.29) is 24.2 Å². The first-order chi connectivity index (χ1) is 14.1. The summed E-state index contributed by atoms with van der Waals surface area (Å²) in [6.45, 7) is 2.56. The van der Waals surface area contributed by atoms with Crippen LogP contribution in [0.2, 0.25) is 0 Å². The van der Waals surface area contributed by atoms with Gasteiger partial charge < -0.3 is 24.8 Å². The summed E-state index contributed by atoms with van der Waals surface area (Å²) < 4.78 is 11.0. The Morgan fingerprint density at radius 3 is 2.76 bits per heavy atom. The standard InChI is InChI=1S/C24H36O5/c1-2-3-4-7-17(25)9-10-18-19-11-15-6-5-8-22(28-14-23-24(27)29-23)20(15)12-16(19)13-21(18)26/h5-6,8,16-19,21,23-27H,2-4,7,9-14H2,1H3. The molecular formula is C24H36O5. The van der Waals surface area contributed by atoms with Gasteiger partial charge >= 0.3 is 0 Å². The maximum atomic E-state index is 10.8. The minimum Gasteiger partial charge on any atom is -0.490 e. The van der Waals surface area contributed by atoms with E-state index in [0.29, 0.717) is 18.4 Å². The minimum atomic E-state index is -0.679. The number of epoxide rings is 1. The first-order valence-electron chi connectivity index (χ1n) is 11.5. The summed E-state index contributed by atoms with van der Waals surface area (Å²) in [5, 5.41) is 30.4. The van der Waals surface area contributed by atoms with Gasteiger partial charge in [0.15, 0.2) is 6.29 Å². The van der Waals surface area contributed by atoms with E-state index in [1.165, 1.54) is 24.0 Å². The molecule has 1 aromatic rings. The van der Waals surface area contributed by atoms with Crippen molar-refractivity contribution in [3.05, 3.63) is 29.3 Å². The summed E-state index contributed by atoms with van der Waals surface area (Å²) in [4.78, 5) is 0. The second-order valence-corrected chi connectivity index (χ2v) is 9.30. The second-order valence-electron chi connectivity index (χ2n) is 9.30. The van der Waals surface area contributed by atoms with Crippen molar-refractivity contribution in [1.82, 2.24) is 0 Å². The van der Waals surface area contributed by atoms with Crippen LogP contribution in [0.1, 0.15) is 63.0 Å². The molecule has 0 aromatic heterocycles. The predicted octanol–water partition coefficient (Wildman–Crippen LogP) is 3.22. The Morgan fingerprint density at radius 2 is 2.00 bits per heavy atom. The van der Waals surface area contributed by atoms with Crippen LogP contribution in [0.5, 0.6) is 5.75 Å². The SMILES string of the molecule is CCCCCC(O)CCC1C(O)CC2Cc3c(cccc3OCC3OC3O)CC21. The van der Waals surface area contributed by atoms with Crippen LogP contribution in [-0.4, -0.2) is 46.5 Å². The van der Waals surface area contributed by atoms with Crippen LogP contribution in [0.15, 0.2) is 18.2 Å². The average Bonchev–Trinajstić information content (AvgIpc) is 3.32. The lowest BCUT2D eigenvalue weighted by Crippen LogP contribution is -2.28. The summed E-state index contributed by atoms with van der Waals surface area (Å²) in [6, 6.07) is 6.22. The fraction of sp³-hybridized carbons (Fsp3) is 0.750. The zero-order chi connectivity index (χ0) is 20.4. The van der Waals surface area contributed by atoms with Crippen LogP contribution < -0.4 is 4.74 Å². The number of benzene rings is 1. The molecule has 5 heteroatoms. The molecule has 1 saturated carbocycles. The maximum Gasteiger partial charge on any atom is 0.185 e. The molecule has 162 valence electrons. The third-order valence-electron chi connectivity index (χ3n) is 7.28. The van der Waals surface area contributed by atoms with Gasteiger partial charge in [-0.15, -0.1) is 0 Å². The Kier molecular flexibility index (Phi) is 6.80. The fourth-order valence-electron chi connectivity index (χ4n) is 5.53. The number of rotatable bonds is 10. The largest absolute Gasteiger partial charge is 0.490 e. The van der Waals surface area contributed by atoms with Crippen molar-refractivity contribution in [3.8, 4) is 5.75 Å². The van der Waals surface area contributed by atoms with Gasteiger partial charge in [-0.2, -0.15) is 0 Å². The molecule has 3 N–H and O–H groups in total. The van der Waals surface area contributed by atoms with E-state index >= 15 is 0 Å². The van der Waals surface area contributed by atoms with Gasteiger partial charge in [0.05, 0.1) is 12.2 Å². The average molecular weight is 405 g/mol. The van der Waals surface area contributed by atoms with Gasteiger partial charge in [0.1, 0.15) is 18.5 Å². The van der Waals surface area contributed by atoms with Gasteiger partial charge in [-0.1, -0.05) is 38.3 Å². The Balaban J connectivity index is 1.36. The lowest BCUT2D eigenvalue weighted by atomic mass is 9.73. The predicted molar refractivity (Wildman–Crippen MR) is 111 cm³/mol. The van der Waals surface area contributed by atoms with E-state index in [1.54, 1.807) is 0 Å². The van der Waals surface area contributed by atoms with Crippen LogP contribution in [0.25, 0.3) is 0 Å². The number of hydrogen-bond acceptors (Lipinski definition) is 5. The molecule has 2 fully saturated rings. The van der Waals surface area contributed by atoms with Gasteiger partial charge in [-0.3, -0.25) is 0 Å². The molecule has 0 spiro atoms. The van der Waals surface area contributed by atoms with Crippen LogP contribution in [0.4, 0.5) is 0 Å². The van der Waals surface area contributed by atoms with Crippen molar-refractivity contribution in [2.24, 2.45) is 17.8 Å². The lowest BCUT2D eigenvalue weighted by molar-refractivity contribution is 0.0869. The third kappa shape index (κ3) is 4.96. The van der Waals surface area contributed by atoms with Crippen molar-refractivity contribution in [2.75, 3.05) is 6.61 Å². The highest BCUT2D eigenvalue weighted by Crippen LogP contribution is 2.48. The van der Waals surface area contributed by atoms with Crippen LogP contribution in [-0.2, 0) is 17.6 Å². The molecule has 0 amide bonds. The molecule has 3 aliphatic rings. The highest BCUT2D eigenvalue weighted by atomic mass is 16.7. The molecule has 4 rings (SSSR count). The fourth-order valence-corrected chi connectivity index (χ4v) is 5.53. The van der Waals surface area contributed by atoms with Crippen molar-refractivity contribution in [2.45, 2.75) is 89.3 Å². The van der Waals surface area contributed by atoms with E-state index in [2.05, 4.69) is 13.0 Å². The van der Waals surface area contributed by atoms with Crippen molar-refractivity contribution >= 4 is 0 Å². The molecule has 0 radical (unpaired) electrons. The normalized spacial score (nSPS) is 33.8. The molecule has 7 atom stereocenters. The monoisotopic (exact) mass is 404 g/mol. The lowest BCUT2D eigenvalue weighted by Gasteiger charge is -2.32. The Bertz CT molecular complexity index is 677. The topological polar surface area (TPSA) is 82.5 Å². The van der Waals surface area contributed by atoms with Crippen molar-refractivity contribution < 1.29 is 24.8 Å². The summed E-state index contributed by atoms with van der Waals surface area (Å²) in [5.74, 6) is 2.15. The van der Waals surface area contributed by atoms with Gasteiger partial charge in [0.25, 0.3) is 0 Å². The number of fused-ring (bicyclic) bond motifs is 2. The Morgan fingerprint density at radius 1 is 1.17 bits per heavy atom. The number of aliphatic hydroxyl groups is 3. The quantitative estimate of drug-likeness (QED) is 0.412. The first-order valence-corrected chi connectivity index (χ1v) is 11.5. The molecule has 1 heterocycles. The smallest absolute Gasteiger partial charge is 0.185 e. The van der Waals surface area contributed by atoms with E-state index < -0.39 is 6.29 Å². The number of ether oxygens (including phenoxy) is 2.